The van der Waals surface area contributed by atoms with Gasteiger partial charge in [0.1, 0.15) is 12.1 Å². The van der Waals surface area contributed by atoms with E-state index in [-0.39, 0.29) is 11.9 Å². The molecule has 1 fully saturated rings. The summed E-state index contributed by atoms with van der Waals surface area (Å²) in [7, 11) is 0. The molecule has 8 heteroatoms. The number of rotatable bonds is 6. The first-order valence-corrected chi connectivity index (χ1v) is 10.4. The Morgan fingerprint density at radius 3 is 2.86 bits per heavy atom. The quantitative estimate of drug-likeness (QED) is 0.646. The average Bonchev–Trinajstić information content (AvgIpc) is 3.31. The van der Waals surface area contributed by atoms with Gasteiger partial charge in [0.2, 0.25) is 5.91 Å². The van der Waals surface area contributed by atoms with Crippen LogP contribution in [0.3, 0.4) is 0 Å². The molecule has 0 saturated carbocycles. The van der Waals surface area contributed by atoms with E-state index in [9.17, 15) is 4.79 Å². The second kappa shape index (κ2) is 8.18. The average molecular weight is 397 g/mol. The van der Waals surface area contributed by atoms with E-state index in [2.05, 4.69) is 51.5 Å². The van der Waals surface area contributed by atoms with Crippen LogP contribution < -0.4 is 10.2 Å². The highest BCUT2D eigenvalue weighted by atomic mass is 32.2. The van der Waals surface area contributed by atoms with Crippen LogP contribution in [0.4, 0.5) is 5.82 Å². The summed E-state index contributed by atoms with van der Waals surface area (Å²) < 4.78 is 1.67. The number of amides is 1. The summed E-state index contributed by atoms with van der Waals surface area (Å²) in [5, 5.41) is 16.1. The van der Waals surface area contributed by atoms with Gasteiger partial charge < -0.3 is 10.2 Å². The molecule has 7 nitrogen and oxygen atoms in total. The Bertz CT molecular complexity index is 955. The number of benzene rings is 1. The van der Waals surface area contributed by atoms with Crippen LogP contribution in [0.15, 0.2) is 47.6 Å². The van der Waals surface area contributed by atoms with E-state index in [0.717, 1.165) is 36.5 Å². The largest absolute Gasteiger partial charge is 0.353 e. The summed E-state index contributed by atoms with van der Waals surface area (Å²) in [6, 6.07) is 12.3. The van der Waals surface area contributed by atoms with Gasteiger partial charge in [-0.15, -0.1) is 27.1 Å². The van der Waals surface area contributed by atoms with Crippen molar-refractivity contribution in [1.29, 1.82) is 0 Å². The minimum absolute atomic E-state index is 0.0679. The highest BCUT2D eigenvalue weighted by Crippen LogP contribution is 2.23. The summed E-state index contributed by atoms with van der Waals surface area (Å²) in [4.78, 5) is 15.9. The third kappa shape index (κ3) is 4.44. The van der Waals surface area contributed by atoms with E-state index in [1.54, 1.807) is 10.8 Å². The van der Waals surface area contributed by atoms with Crippen LogP contribution in [0.5, 0.6) is 0 Å². The fourth-order valence-corrected chi connectivity index (χ4v) is 4.23. The van der Waals surface area contributed by atoms with Gasteiger partial charge in [0, 0.05) is 29.3 Å². The molecule has 2 aromatic heterocycles. The molecule has 146 valence electrons. The van der Waals surface area contributed by atoms with Gasteiger partial charge >= 0.3 is 0 Å². The van der Waals surface area contributed by atoms with Crippen LogP contribution in [0.2, 0.25) is 0 Å². The topological polar surface area (TPSA) is 75.4 Å². The van der Waals surface area contributed by atoms with E-state index >= 15 is 0 Å². The summed E-state index contributed by atoms with van der Waals surface area (Å²) in [5.74, 6) is 0.945. The smallest absolute Gasteiger partial charge is 0.224 e. The normalized spacial score (nSPS) is 16.8. The molecule has 1 saturated heterocycles. The number of nitrogens with zero attached hydrogens (tertiary/aromatic N) is 5. The molecule has 0 radical (unpaired) electrons. The van der Waals surface area contributed by atoms with Crippen LogP contribution in [0.1, 0.15) is 25.8 Å². The van der Waals surface area contributed by atoms with E-state index in [4.69, 9.17) is 0 Å². The van der Waals surface area contributed by atoms with Crippen molar-refractivity contribution < 1.29 is 4.79 Å². The first-order chi connectivity index (χ1) is 13.6. The van der Waals surface area contributed by atoms with Crippen LogP contribution in [0, 0.1) is 0 Å². The van der Waals surface area contributed by atoms with Crippen LogP contribution in [0.25, 0.3) is 5.65 Å². The second-order valence-electron chi connectivity index (χ2n) is 7.31. The fourth-order valence-electron chi connectivity index (χ4n) is 3.40. The summed E-state index contributed by atoms with van der Waals surface area (Å²) >= 11 is 1.83. The van der Waals surface area contributed by atoms with Gasteiger partial charge in [-0.3, -0.25) is 4.79 Å². The maximum atomic E-state index is 12.4. The molecule has 3 aromatic rings. The molecule has 3 heterocycles. The fraction of sp³-hybridized carbons (Fsp3) is 0.400. The van der Waals surface area contributed by atoms with Gasteiger partial charge in [-0.05, 0) is 36.2 Å². The predicted octanol–water partition coefficient (Wildman–Crippen LogP) is 2.56. The Kier molecular flexibility index (Phi) is 5.47. The van der Waals surface area contributed by atoms with Crippen molar-refractivity contribution in [3.05, 3.63) is 48.3 Å². The monoisotopic (exact) mass is 396 g/mol. The van der Waals surface area contributed by atoms with Gasteiger partial charge in [-0.2, -0.15) is 4.52 Å². The first-order valence-electron chi connectivity index (χ1n) is 9.54. The minimum atomic E-state index is 0.0679. The lowest BCUT2D eigenvalue weighted by molar-refractivity contribution is -0.121. The van der Waals surface area contributed by atoms with Gasteiger partial charge in [0.25, 0.3) is 0 Å². The zero-order chi connectivity index (χ0) is 19.5. The van der Waals surface area contributed by atoms with E-state index in [1.165, 1.54) is 4.90 Å². The zero-order valence-electron chi connectivity index (χ0n) is 16.1. The summed E-state index contributed by atoms with van der Waals surface area (Å²) in [6.45, 7) is 5.98. The van der Waals surface area contributed by atoms with Gasteiger partial charge in [-0.1, -0.05) is 26.0 Å². The molecule has 1 unspecified atom stereocenters. The van der Waals surface area contributed by atoms with Crippen molar-refractivity contribution in [1.82, 2.24) is 25.1 Å². The molecule has 0 aliphatic carbocycles. The SMILES string of the molecule is CC(C)Sc1ccc(CC(=O)NC2CCN(c3ccc4nncn4n3)C2)cc1. The molecule has 1 aliphatic rings. The van der Waals surface area contributed by atoms with E-state index < -0.39 is 0 Å². The molecule has 1 N–H and O–H groups in total. The highest BCUT2D eigenvalue weighted by molar-refractivity contribution is 7.99. The van der Waals surface area contributed by atoms with Crippen molar-refractivity contribution in [2.75, 3.05) is 18.0 Å². The summed E-state index contributed by atoms with van der Waals surface area (Å²) in [5.41, 5.74) is 1.77. The Hall–Kier alpha value is -2.61. The molecule has 0 bridgehead atoms. The van der Waals surface area contributed by atoms with Crippen molar-refractivity contribution in [3.8, 4) is 0 Å². The molecule has 0 spiro atoms. The second-order valence-corrected chi connectivity index (χ2v) is 8.96. The first kappa shape index (κ1) is 18.7. The lowest BCUT2D eigenvalue weighted by atomic mass is 10.1. The molecule has 4 rings (SSSR count). The number of nitrogens with one attached hydrogen (secondary N) is 1. The zero-order valence-corrected chi connectivity index (χ0v) is 16.9. The van der Waals surface area contributed by atoms with Crippen molar-refractivity contribution in [2.45, 2.75) is 42.9 Å². The maximum absolute atomic E-state index is 12.4. The Balaban J connectivity index is 1.30. The number of carbonyl (C=O) groups is 1. The van der Waals surface area contributed by atoms with E-state index in [1.807, 2.05) is 36.0 Å². The van der Waals surface area contributed by atoms with Crippen LogP contribution >= 0.6 is 11.8 Å². The molecule has 1 aromatic carbocycles. The predicted molar refractivity (Wildman–Crippen MR) is 111 cm³/mol. The van der Waals surface area contributed by atoms with E-state index in [0.29, 0.717) is 11.7 Å². The molecular formula is C20H24N6OS. The van der Waals surface area contributed by atoms with Crippen molar-refractivity contribution >= 4 is 29.1 Å². The van der Waals surface area contributed by atoms with Gasteiger partial charge in [-0.25, -0.2) is 0 Å². The molecule has 1 amide bonds. The number of anilines is 1. The van der Waals surface area contributed by atoms with Crippen molar-refractivity contribution in [3.63, 3.8) is 0 Å². The minimum Gasteiger partial charge on any atom is -0.353 e. The Labute approximate surface area is 168 Å². The summed E-state index contributed by atoms with van der Waals surface area (Å²) in [6.07, 6.45) is 2.92. The van der Waals surface area contributed by atoms with Crippen LogP contribution in [-0.2, 0) is 11.2 Å². The van der Waals surface area contributed by atoms with Crippen LogP contribution in [-0.4, -0.2) is 50.1 Å². The number of fused-ring (bicyclic) bond motifs is 1. The van der Waals surface area contributed by atoms with Crippen molar-refractivity contribution in [2.24, 2.45) is 0 Å². The molecular weight excluding hydrogens is 372 g/mol. The molecule has 1 aliphatic heterocycles. The number of aromatic nitrogens is 4. The number of thioether (sulfide) groups is 1. The lowest BCUT2D eigenvalue weighted by Gasteiger charge is -2.17. The molecule has 1 atom stereocenters. The van der Waals surface area contributed by atoms with Gasteiger partial charge in [0.05, 0.1) is 6.42 Å². The number of hydrogen-bond acceptors (Lipinski definition) is 6. The third-order valence-electron chi connectivity index (χ3n) is 4.68. The highest BCUT2D eigenvalue weighted by Gasteiger charge is 2.25. The number of carbonyl (C=O) groups excluding carboxylic acids is 1. The Morgan fingerprint density at radius 2 is 2.07 bits per heavy atom. The lowest BCUT2D eigenvalue weighted by Crippen LogP contribution is -2.38. The molecule has 28 heavy (non-hydrogen) atoms. The third-order valence-corrected chi connectivity index (χ3v) is 5.70. The number of hydrogen-bond donors (Lipinski definition) is 1. The standard InChI is InChI=1S/C20H24N6OS/c1-14(2)28-17-5-3-15(4-6-17)11-20(27)22-16-9-10-25(12-16)19-8-7-18-23-21-13-26(18)24-19/h3-8,13-14,16H,9-12H2,1-2H3,(H,22,27). The van der Waals surface area contributed by atoms with Gasteiger partial charge in [0.15, 0.2) is 5.65 Å². The maximum Gasteiger partial charge on any atom is 0.224 e. The Morgan fingerprint density at radius 1 is 1.25 bits per heavy atom.